The lowest BCUT2D eigenvalue weighted by Crippen LogP contribution is -2.51. The molecule has 0 aliphatic carbocycles. The first-order chi connectivity index (χ1) is 17.8. The maximum absolute atomic E-state index is 12.9. The molecule has 206 valence electrons. The number of rotatable bonds is 7. The van der Waals surface area contributed by atoms with Crippen LogP contribution in [-0.2, 0) is 11.0 Å². The van der Waals surface area contributed by atoms with Crippen LogP contribution in [0.2, 0.25) is 0 Å². The molecule has 0 radical (unpaired) electrons. The number of hydrogen-bond acceptors (Lipinski definition) is 7. The zero-order valence-corrected chi connectivity index (χ0v) is 19.8. The summed E-state index contributed by atoms with van der Waals surface area (Å²) < 4.78 is 80.6. The summed E-state index contributed by atoms with van der Waals surface area (Å²) in [7, 11) is 1.02. The lowest BCUT2D eigenvalue weighted by Gasteiger charge is -2.35. The molecule has 3 rings (SSSR count). The van der Waals surface area contributed by atoms with E-state index >= 15 is 0 Å². The molecular formula is C22H23F6N7O3. The topological polar surface area (TPSA) is 136 Å². The van der Waals surface area contributed by atoms with Gasteiger partial charge in [-0.3, -0.25) is 10.2 Å². The standard InChI is InChI=1S/C22H23F6N7O3/c1-30-16(21(23,24)25)10-15(29)18(36)31-11-14-4-2-3-9-35(14)20(37)32-13-7-5-12(6-8-13)17-33-19(38-34-17)22(26,27)28/h5-8,10,14,29-30H,2-4,9,11H2,1H3,(H,31,36)(H,32,37)/b16-10-,29-15?. The van der Waals surface area contributed by atoms with E-state index in [1.165, 1.54) is 29.2 Å². The molecule has 4 N–H and O–H groups in total. The fourth-order valence-electron chi connectivity index (χ4n) is 3.65. The maximum Gasteiger partial charge on any atom is 0.471 e. The minimum Gasteiger partial charge on any atom is -0.384 e. The van der Waals surface area contributed by atoms with Crippen molar-refractivity contribution in [2.24, 2.45) is 0 Å². The van der Waals surface area contributed by atoms with E-state index in [0.717, 1.165) is 13.5 Å². The molecule has 1 saturated heterocycles. The van der Waals surface area contributed by atoms with Crippen LogP contribution < -0.4 is 16.0 Å². The number of nitrogens with one attached hydrogen (secondary N) is 4. The molecular weight excluding hydrogens is 524 g/mol. The first kappa shape index (κ1) is 28.5. The smallest absolute Gasteiger partial charge is 0.384 e. The van der Waals surface area contributed by atoms with E-state index in [9.17, 15) is 35.9 Å². The number of alkyl halides is 6. The molecule has 2 aromatic rings. The Morgan fingerprint density at radius 1 is 1.16 bits per heavy atom. The lowest BCUT2D eigenvalue weighted by molar-refractivity contribution is -0.159. The number of carbonyl (C=O) groups is 2. The number of amides is 3. The van der Waals surface area contributed by atoms with Gasteiger partial charge in [0, 0.05) is 31.4 Å². The van der Waals surface area contributed by atoms with Crippen LogP contribution in [0.5, 0.6) is 0 Å². The number of allylic oxidation sites excluding steroid dienone is 1. The Balaban J connectivity index is 1.60. The predicted molar refractivity (Wildman–Crippen MR) is 122 cm³/mol. The van der Waals surface area contributed by atoms with E-state index in [1.54, 1.807) is 0 Å². The summed E-state index contributed by atoms with van der Waals surface area (Å²) in [5, 5.41) is 17.9. The number of likely N-dealkylation sites (tertiary alicyclic amines) is 1. The Labute approximate surface area is 211 Å². The molecule has 1 aliphatic heterocycles. The molecule has 0 saturated carbocycles. The fraction of sp³-hybridized carbons (Fsp3) is 0.409. The van der Waals surface area contributed by atoms with Crippen LogP contribution in [0.25, 0.3) is 11.4 Å². The summed E-state index contributed by atoms with van der Waals surface area (Å²) in [6, 6.07) is 4.67. The van der Waals surface area contributed by atoms with Crippen molar-refractivity contribution in [3.05, 3.63) is 41.9 Å². The van der Waals surface area contributed by atoms with Gasteiger partial charge in [-0.2, -0.15) is 31.3 Å². The van der Waals surface area contributed by atoms with Gasteiger partial charge in [0.2, 0.25) is 5.82 Å². The summed E-state index contributed by atoms with van der Waals surface area (Å²) in [4.78, 5) is 29.8. The molecule has 38 heavy (non-hydrogen) atoms. The van der Waals surface area contributed by atoms with Crippen molar-refractivity contribution in [1.29, 1.82) is 5.41 Å². The maximum atomic E-state index is 12.9. The molecule has 0 spiro atoms. The van der Waals surface area contributed by atoms with Crippen LogP contribution >= 0.6 is 0 Å². The highest BCUT2D eigenvalue weighted by Gasteiger charge is 2.38. The largest absolute Gasteiger partial charge is 0.471 e. The normalized spacial score (nSPS) is 16.7. The van der Waals surface area contributed by atoms with E-state index in [2.05, 4.69) is 25.3 Å². The molecule has 1 aromatic heterocycles. The second-order valence-electron chi connectivity index (χ2n) is 8.20. The number of urea groups is 1. The second kappa shape index (κ2) is 11.5. The average Bonchev–Trinajstić information content (AvgIpc) is 3.36. The molecule has 1 atom stereocenters. The van der Waals surface area contributed by atoms with Crippen molar-refractivity contribution in [2.75, 3.05) is 25.5 Å². The molecule has 2 heterocycles. The van der Waals surface area contributed by atoms with Crippen LogP contribution in [0.4, 0.5) is 36.8 Å². The molecule has 3 amide bonds. The second-order valence-corrected chi connectivity index (χ2v) is 8.20. The quantitative estimate of drug-likeness (QED) is 0.306. The van der Waals surface area contributed by atoms with Crippen LogP contribution in [0.3, 0.4) is 0 Å². The molecule has 1 unspecified atom stereocenters. The third-order valence-corrected chi connectivity index (χ3v) is 5.56. The zero-order chi connectivity index (χ0) is 28.1. The summed E-state index contributed by atoms with van der Waals surface area (Å²) in [6.45, 7) is 0.268. The van der Waals surface area contributed by atoms with E-state index in [-0.39, 0.29) is 17.9 Å². The van der Waals surface area contributed by atoms with E-state index < -0.39 is 47.6 Å². The average molecular weight is 547 g/mol. The minimum absolute atomic E-state index is 0.0817. The lowest BCUT2D eigenvalue weighted by atomic mass is 10.0. The highest BCUT2D eigenvalue weighted by Crippen LogP contribution is 2.30. The number of carbonyl (C=O) groups excluding carboxylic acids is 2. The molecule has 1 aromatic carbocycles. The van der Waals surface area contributed by atoms with Gasteiger partial charge in [0.05, 0.1) is 6.04 Å². The number of anilines is 1. The van der Waals surface area contributed by atoms with Crippen LogP contribution in [0, 0.1) is 5.41 Å². The molecule has 1 fully saturated rings. The van der Waals surface area contributed by atoms with Gasteiger partial charge in [0.1, 0.15) is 11.4 Å². The first-order valence-electron chi connectivity index (χ1n) is 11.2. The van der Waals surface area contributed by atoms with Gasteiger partial charge in [-0.15, -0.1) is 0 Å². The van der Waals surface area contributed by atoms with Gasteiger partial charge in [0.15, 0.2) is 0 Å². The van der Waals surface area contributed by atoms with E-state index in [0.29, 0.717) is 31.1 Å². The minimum atomic E-state index is -4.78. The van der Waals surface area contributed by atoms with E-state index in [1.807, 2.05) is 5.32 Å². The van der Waals surface area contributed by atoms with Crippen molar-refractivity contribution in [2.45, 2.75) is 37.7 Å². The molecule has 1 aliphatic rings. The third kappa shape index (κ3) is 7.23. The van der Waals surface area contributed by atoms with Crippen LogP contribution in [-0.4, -0.2) is 65.0 Å². The Morgan fingerprint density at radius 3 is 2.42 bits per heavy atom. The molecule has 16 heteroatoms. The molecule has 0 bridgehead atoms. The summed E-state index contributed by atoms with van der Waals surface area (Å²) in [5.74, 6) is -2.79. The molecule has 10 nitrogen and oxygen atoms in total. The van der Waals surface area contributed by atoms with Gasteiger partial charge >= 0.3 is 24.3 Å². The highest BCUT2D eigenvalue weighted by atomic mass is 19.4. The summed E-state index contributed by atoms with van der Waals surface area (Å²) >= 11 is 0. The zero-order valence-electron chi connectivity index (χ0n) is 19.8. The number of piperidine rings is 1. The Morgan fingerprint density at radius 2 is 1.84 bits per heavy atom. The van der Waals surface area contributed by atoms with Gasteiger partial charge in [-0.1, -0.05) is 5.16 Å². The van der Waals surface area contributed by atoms with Gasteiger partial charge in [0.25, 0.3) is 5.91 Å². The Kier molecular flexibility index (Phi) is 8.63. The van der Waals surface area contributed by atoms with Gasteiger partial charge in [-0.05, 0) is 49.6 Å². The number of benzene rings is 1. The Bertz CT molecular complexity index is 1190. The predicted octanol–water partition coefficient (Wildman–Crippen LogP) is 3.94. The van der Waals surface area contributed by atoms with Crippen LogP contribution in [0.15, 0.2) is 40.6 Å². The number of halogens is 6. The number of hydrogen-bond donors (Lipinski definition) is 4. The Hall–Kier alpha value is -4.11. The van der Waals surface area contributed by atoms with E-state index in [4.69, 9.17) is 5.41 Å². The highest BCUT2D eigenvalue weighted by molar-refractivity contribution is 6.42. The SMILES string of the molecule is CN/C(=C\C(=N)C(=O)NCC1CCCCN1C(=O)Nc1ccc(-c2noc(C(F)(F)F)n2)cc1)C(F)(F)F. The third-order valence-electron chi connectivity index (χ3n) is 5.56. The van der Waals surface area contributed by atoms with Crippen LogP contribution in [0.1, 0.15) is 25.2 Å². The number of aromatic nitrogens is 2. The van der Waals surface area contributed by atoms with Crippen molar-refractivity contribution < 1.29 is 40.5 Å². The van der Waals surface area contributed by atoms with Crippen molar-refractivity contribution in [3.63, 3.8) is 0 Å². The summed E-state index contributed by atoms with van der Waals surface area (Å²) in [5.41, 5.74) is -1.60. The first-order valence-corrected chi connectivity index (χ1v) is 11.2. The fourth-order valence-corrected chi connectivity index (χ4v) is 3.65. The van der Waals surface area contributed by atoms with Gasteiger partial charge in [-0.25, -0.2) is 4.79 Å². The van der Waals surface area contributed by atoms with Crippen molar-refractivity contribution >= 4 is 23.3 Å². The summed E-state index contributed by atoms with van der Waals surface area (Å²) in [6.07, 6.45) is -7.21. The van der Waals surface area contributed by atoms with Crippen molar-refractivity contribution in [3.8, 4) is 11.4 Å². The number of nitrogens with zero attached hydrogens (tertiary/aromatic N) is 3. The van der Waals surface area contributed by atoms with Crippen molar-refractivity contribution in [1.82, 2.24) is 25.7 Å². The monoisotopic (exact) mass is 547 g/mol. The van der Waals surface area contributed by atoms with Gasteiger partial charge < -0.3 is 25.4 Å².